The summed E-state index contributed by atoms with van der Waals surface area (Å²) in [5.74, 6) is -1.00. The van der Waals surface area contributed by atoms with Crippen LogP contribution in [0.5, 0.6) is 0 Å². The number of rotatable bonds is 52. The van der Waals surface area contributed by atoms with E-state index < -0.39 is 6.10 Å². The molecular weight excluding hydrogens is 913 g/mol. The lowest BCUT2D eigenvalue weighted by atomic mass is 10.1. The van der Waals surface area contributed by atoms with E-state index in [1.54, 1.807) is 0 Å². The molecule has 0 fully saturated rings. The van der Waals surface area contributed by atoms with Gasteiger partial charge in [0, 0.05) is 19.3 Å². The maximum atomic E-state index is 12.9. The molecule has 0 saturated heterocycles. The molecule has 74 heavy (non-hydrogen) atoms. The van der Waals surface area contributed by atoms with E-state index in [0.29, 0.717) is 19.3 Å². The van der Waals surface area contributed by atoms with Gasteiger partial charge in [0.2, 0.25) is 0 Å². The average Bonchev–Trinajstić information content (AvgIpc) is 3.40. The first-order valence-corrected chi connectivity index (χ1v) is 29.8. The lowest BCUT2D eigenvalue weighted by molar-refractivity contribution is -0.167. The summed E-state index contributed by atoms with van der Waals surface area (Å²) in [6.45, 7) is 6.33. The van der Waals surface area contributed by atoms with E-state index in [4.69, 9.17) is 14.2 Å². The number of ether oxygens (including phenoxy) is 3. The highest BCUT2D eigenvalue weighted by atomic mass is 16.6. The standard InChI is InChI=1S/C68H108O6/c1-4-7-10-13-16-19-22-25-28-31-33-34-36-37-40-43-46-49-52-55-58-61-67(70)73-64-65(63-72-66(69)60-57-54-51-48-45-42-39-30-27-24-21-18-15-12-9-6-3)74-68(71)62-59-56-53-50-47-44-41-38-35-32-29-26-23-20-17-14-11-8-5-2/h7-8,10-11,16-17,19-20,25-26,28-30,33-35,37-40,44,46-47,49,65H,4-6,9,12-15,18,21-24,27,31-32,36,41-43,45,48,50-64H2,1-3H3/b10-7-,11-8-,19-16-,20-17-,28-25-,29-26-,34-33-,38-35-,39-30-,40-37-,47-44-,49-46-. The fourth-order valence-corrected chi connectivity index (χ4v) is 7.64. The Labute approximate surface area is 455 Å². The van der Waals surface area contributed by atoms with Crippen molar-refractivity contribution < 1.29 is 28.6 Å². The molecule has 6 heteroatoms. The lowest BCUT2D eigenvalue weighted by Crippen LogP contribution is -2.30. The predicted molar refractivity (Wildman–Crippen MR) is 320 cm³/mol. The van der Waals surface area contributed by atoms with Crippen molar-refractivity contribution in [1.29, 1.82) is 0 Å². The molecule has 1 atom stereocenters. The maximum Gasteiger partial charge on any atom is 0.306 e. The molecule has 0 radical (unpaired) electrons. The summed E-state index contributed by atoms with van der Waals surface area (Å²) in [6, 6.07) is 0. The van der Waals surface area contributed by atoms with Crippen LogP contribution in [0.15, 0.2) is 146 Å². The minimum absolute atomic E-state index is 0.115. The molecule has 0 aliphatic rings. The molecular formula is C68H108O6. The zero-order valence-electron chi connectivity index (χ0n) is 47.5. The highest BCUT2D eigenvalue weighted by Gasteiger charge is 2.19. The van der Waals surface area contributed by atoms with Gasteiger partial charge >= 0.3 is 17.9 Å². The van der Waals surface area contributed by atoms with E-state index >= 15 is 0 Å². The zero-order valence-corrected chi connectivity index (χ0v) is 47.5. The van der Waals surface area contributed by atoms with Gasteiger partial charge in [-0.1, -0.05) is 231 Å². The molecule has 0 saturated carbocycles. The highest BCUT2D eigenvalue weighted by Crippen LogP contribution is 2.13. The fraction of sp³-hybridized carbons (Fsp3) is 0.603. The van der Waals surface area contributed by atoms with Crippen molar-refractivity contribution in [2.75, 3.05) is 13.2 Å². The van der Waals surface area contributed by atoms with Crippen LogP contribution in [0.1, 0.15) is 245 Å². The Morgan fingerprint density at radius 2 is 0.527 bits per heavy atom. The minimum atomic E-state index is -0.825. The number of esters is 3. The quantitative estimate of drug-likeness (QED) is 0.0261. The summed E-state index contributed by atoms with van der Waals surface area (Å²) >= 11 is 0. The summed E-state index contributed by atoms with van der Waals surface area (Å²) in [4.78, 5) is 38.2. The van der Waals surface area contributed by atoms with E-state index in [9.17, 15) is 14.4 Å². The Morgan fingerprint density at radius 1 is 0.284 bits per heavy atom. The molecule has 0 aromatic carbocycles. The molecule has 0 aliphatic carbocycles. The number of hydrogen-bond acceptors (Lipinski definition) is 6. The van der Waals surface area contributed by atoms with Crippen molar-refractivity contribution in [2.45, 2.75) is 252 Å². The average molecular weight is 1020 g/mol. The largest absolute Gasteiger partial charge is 0.462 e. The highest BCUT2D eigenvalue weighted by molar-refractivity contribution is 5.71. The first-order valence-electron chi connectivity index (χ1n) is 29.8. The molecule has 0 heterocycles. The predicted octanol–water partition coefficient (Wildman–Crippen LogP) is 20.4. The topological polar surface area (TPSA) is 78.9 Å². The van der Waals surface area contributed by atoms with Gasteiger partial charge in [0.1, 0.15) is 13.2 Å². The Bertz CT molecular complexity index is 1640. The van der Waals surface area contributed by atoms with Crippen LogP contribution in [-0.4, -0.2) is 37.2 Å². The molecule has 1 unspecified atom stereocenters. The summed E-state index contributed by atoms with van der Waals surface area (Å²) in [5.41, 5.74) is 0. The van der Waals surface area contributed by atoms with Gasteiger partial charge in [-0.25, -0.2) is 0 Å². The maximum absolute atomic E-state index is 12.9. The lowest BCUT2D eigenvalue weighted by Gasteiger charge is -2.18. The Balaban J connectivity index is 4.57. The van der Waals surface area contributed by atoms with Gasteiger partial charge in [0.25, 0.3) is 0 Å². The first kappa shape index (κ1) is 69.3. The number of carbonyl (C=O) groups is 3. The minimum Gasteiger partial charge on any atom is -0.462 e. The smallest absolute Gasteiger partial charge is 0.306 e. The number of hydrogen-bond donors (Lipinski definition) is 0. The van der Waals surface area contributed by atoms with Gasteiger partial charge in [-0.15, -0.1) is 0 Å². The Kier molecular flexibility index (Phi) is 57.0. The molecule has 0 bridgehead atoms. The molecule has 0 spiro atoms. The zero-order chi connectivity index (χ0) is 53.6. The van der Waals surface area contributed by atoms with Crippen LogP contribution in [0, 0.1) is 0 Å². The van der Waals surface area contributed by atoms with Crippen LogP contribution in [0.25, 0.3) is 0 Å². The van der Waals surface area contributed by atoms with E-state index in [0.717, 1.165) is 135 Å². The van der Waals surface area contributed by atoms with Gasteiger partial charge in [0.05, 0.1) is 0 Å². The van der Waals surface area contributed by atoms with Gasteiger partial charge in [-0.05, 0) is 141 Å². The van der Waals surface area contributed by atoms with Crippen LogP contribution in [0.4, 0.5) is 0 Å². The van der Waals surface area contributed by atoms with Crippen molar-refractivity contribution in [2.24, 2.45) is 0 Å². The molecule has 6 nitrogen and oxygen atoms in total. The van der Waals surface area contributed by atoms with Crippen LogP contribution < -0.4 is 0 Å². The fourth-order valence-electron chi connectivity index (χ4n) is 7.64. The molecule has 0 aromatic rings. The van der Waals surface area contributed by atoms with E-state index in [-0.39, 0.29) is 44.0 Å². The summed E-state index contributed by atoms with van der Waals surface area (Å²) in [5, 5.41) is 0. The second kappa shape index (κ2) is 60.8. The third-order valence-electron chi connectivity index (χ3n) is 12.1. The Hall–Kier alpha value is -4.71. The van der Waals surface area contributed by atoms with Crippen LogP contribution in [0.3, 0.4) is 0 Å². The molecule has 0 amide bonds. The van der Waals surface area contributed by atoms with E-state index in [2.05, 4.69) is 167 Å². The third-order valence-corrected chi connectivity index (χ3v) is 12.1. The van der Waals surface area contributed by atoms with Crippen molar-refractivity contribution in [1.82, 2.24) is 0 Å². The molecule has 0 N–H and O–H groups in total. The van der Waals surface area contributed by atoms with Gasteiger partial charge in [-0.3, -0.25) is 14.4 Å². The van der Waals surface area contributed by atoms with Crippen LogP contribution >= 0.6 is 0 Å². The van der Waals surface area contributed by atoms with Crippen LogP contribution in [0.2, 0.25) is 0 Å². The first-order chi connectivity index (χ1) is 36.5. The number of allylic oxidation sites excluding steroid dienone is 24. The van der Waals surface area contributed by atoms with Gasteiger partial charge in [-0.2, -0.15) is 0 Å². The summed E-state index contributed by atoms with van der Waals surface area (Å²) in [7, 11) is 0. The van der Waals surface area contributed by atoms with Crippen molar-refractivity contribution in [3.8, 4) is 0 Å². The summed E-state index contributed by atoms with van der Waals surface area (Å²) < 4.78 is 16.8. The SMILES string of the molecule is CC/C=C\C/C=C\C/C=C\C/C=C\C/C=C\C/C=C\CCCCC(=O)OCC(COC(=O)CCCCCCC/C=C\CCCCCCCCC)OC(=O)CCCCC/C=C\C/C=C\C/C=C\C/C=C\C/C=C\CC. The Morgan fingerprint density at radius 3 is 0.878 bits per heavy atom. The second-order valence-corrected chi connectivity index (χ2v) is 19.1. The normalized spacial score (nSPS) is 13.2. The number of unbranched alkanes of at least 4 members (excludes halogenated alkanes) is 17. The van der Waals surface area contributed by atoms with Gasteiger partial charge < -0.3 is 14.2 Å². The van der Waals surface area contributed by atoms with Gasteiger partial charge in [0.15, 0.2) is 6.10 Å². The van der Waals surface area contributed by atoms with E-state index in [1.807, 2.05) is 0 Å². The molecule has 0 rings (SSSR count). The van der Waals surface area contributed by atoms with Crippen molar-refractivity contribution in [3.05, 3.63) is 146 Å². The number of carbonyl (C=O) groups excluding carboxylic acids is 3. The molecule has 416 valence electrons. The monoisotopic (exact) mass is 1020 g/mol. The third kappa shape index (κ3) is 58.2. The van der Waals surface area contributed by atoms with Crippen LogP contribution in [-0.2, 0) is 28.6 Å². The van der Waals surface area contributed by atoms with Crippen molar-refractivity contribution in [3.63, 3.8) is 0 Å². The summed E-state index contributed by atoms with van der Waals surface area (Å²) in [6.07, 6.45) is 86.9. The second-order valence-electron chi connectivity index (χ2n) is 19.1. The van der Waals surface area contributed by atoms with E-state index in [1.165, 1.54) is 57.8 Å². The van der Waals surface area contributed by atoms with Crippen molar-refractivity contribution >= 4 is 17.9 Å². The molecule has 0 aliphatic heterocycles. The molecule has 0 aromatic heterocycles.